The fourth-order valence-electron chi connectivity index (χ4n) is 1.64. The number of rotatable bonds is 6. The van der Waals surface area contributed by atoms with Gasteiger partial charge < -0.3 is 9.13 Å². The van der Waals surface area contributed by atoms with E-state index >= 15 is 0 Å². The van der Waals surface area contributed by atoms with Crippen molar-refractivity contribution in [1.82, 2.24) is 9.13 Å². The van der Waals surface area contributed by atoms with Crippen LogP contribution in [0.15, 0.2) is 11.8 Å². The number of amides is 2. The van der Waals surface area contributed by atoms with Gasteiger partial charge in [0.25, 0.3) is 0 Å². The average Bonchev–Trinajstić information content (AvgIpc) is 2.25. The molecule has 4 nitrogen and oxygen atoms in total. The Balaban J connectivity index is 5.14. The zero-order valence-electron chi connectivity index (χ0n) is 11.5. The fraction of sp³-hybridized carbons (Fsp3) is 0.667. The number of nitrogens with zero attached hydrogens (tertiary/aromatic N) is 2. The Morgan fingerprint density at radius 1 is 1.00 bits per heavy atom. The highest BCUT2D eigenvalue weighted by molar-refractivity contribution is 6.63. The summed E-state index contributed by atoms with van der Waals surface area (Å²) in [6, 6.07) is 0. The molecule has 0 spiro atoms. The molecule has 0 saturated carbocycles. The maximum atomic E-state index is 11.6. The van der Waals surface area contributed by atoms with Gasteiger partial charge in [0.2, 0.25) is 11.8 Å². The fourth-order valence-corrected chi connectivity index (χ4v) is 4.03. The lowest BCUT2D eigenvalue weighted by Crippen LogP contribution is -2.55. The first-order valence-corrected chi connectivity index (χ1v) is 7.56. The Labute approximate surface area is 106 Å². The van der Waals surface area contributed by atoms with E-state index in [4.69, 9.17) is 0 Å². The van der Waals surface area contributed by atoms with Crippen LogP contribution >= 0.6 is 0 Å². The zero-order valence-corrected chi connectivity index (χ0v) is 12.5. The molecular formula is C12H23N2O2Si. The van der Waals surface area contributed by atoms with Crippen LogP contribution in [-0.2, 0) is 9.59 Å². The molecule has 0 aromatic carbocycles. The van der Waals surface area contributed by atoms with E-state index in [1.807, 2.05) is 32.5 Å². The van der Waals surface area contributed by atoms with Crippen molar-refractivity contribution in [3.8, 4) is 0 Å². The minimum absolute atomic E-state index is 0.0295. The highest BCUT2D eigenvalue weighted by Crippen LogP contribution is 2.06. The van der Waals surface area contributed by atoms with Crippen LogP contribution in [0.1, 0.15) is 41.0 Å². The molecular weight excluding hydrogens is 232 g/mol. The zero-order chi connectivity index (χ0) is 13.4. The Morgan fingerprint density at radius 2 is 1.41 bits per heavy atom. The second-order valence-corrected chi connectivity index (χ2v) is 5.82. The number of hydrogen-bond donors (Lipinski definition) is 0. The van der Waals surface area contributed by atoms with E-state index < -0.39 is 9.12 Å². The monoisotopic (exact) mass is 255 g/mol. The maximum Gasteiger partial charge on any atom is 0.332 e. The molecule has 0 fully saturated rings. The molecule has 0 aromatic heterocycles. The van der Waals surface area contributed by atoms with Crippen molar-refractivity contribution in [1.29, 1.82) is 0 Å². The Kier molecular flexibility index (Phi) is 7.53. The van der Waals surface area contributed by atoms with Gasteiger partial charge >= 0.3 is 9.12 Å². The summed E-state index contributed by atoms with van der Waals surface area (Å²) in [6.45, 7) is 10.3. The molecule has 0 aliphatic rings. The first-order chi connectivity index (χ1) is 7.99. The third kappa shape index (κ3) is 4.73. The molecule has 0 bridgehead atoms. The molecule has 0 atom stereocenters. The molecule has 0 aromatic rings. The second kappa shape index (κ2) is 8.06. The van der Waals surface area contributed by atoms with Crippen LogP contribution in [0.4, 0.5) is 0 Å². The molecule has 97 valence electrons. The normalized spacial score (nSPS) is 10.9. The van der Waals surface area contributed by atoms with Crippen LogP contribution in [0.3, 0.4) is 0 Å². The first-order valence-electron chi connectivity index (χ1n) is 6.09. The van der Waals surface area contributed by atoms with Gasteiger partial charge in [0.1, 0.15) is 0 Å². The summed E-state index contributed by atoms with van der Waals surface area (Å²) in [5, 5.41) is 0. The summed E-state index contributed by atoms with van der Waals surface area (Å²) >= 11 is 0. The van der Waals surface area contributed by atoms with E-state index in [-0.39, 0.29) is 11.8 Å². The molecule has 0 aliphatic heterocycles. The number of hydrogen-bond acceptors (Lipinski definition) is 2. The first kappa shape index (κ1) is 15.9. The smallest absolute Gasteiger partial charge is 0.332 e. The second-order valence-electron chi connectivity index (χ2n) is 3.70. The molecule has 5 heteroatoms. The lowest BCUT2D eigenvalue weighted by molar-refractivity contribution is -0.126. The highest BCUT2D eigenvalue weighted by Gasteiger charge is 2.28. The lowest BCUT2D eigenvalue weighted by Gasteiger charge is -2.33. The molecule has 0 unspecified atom stereocenters. The van der Waals surface area contributed by atoms with Gasteiger partial charge in [-0.3, -0.25) is 9.59 Å². The van der Waals surface area contributed by atoms with Gasteiger partial charge in [0.05, 0.1) is 0 Å². The van der Waals surface area contributed by atoms with Gasteiger partial charge in [-0.2, -0.15) is 0 Å². The largest absolute Gasteiger partial charge is 0.348 e. The Bertz CT molecular complexity index is 270. The highest BCUT2D eigenvalue weighted by atomic mass is 28.3. The average molecular weight is 255 g/mol. The van der Waals surface area contributed by atoms with E-state index in [1.54, 1.807) is 23.0 Å². The third-order valence-electron chi connectivity index (χ3n) is 2.45. The minimum atomic E-state index is -1.40. The topological polar surface area (TPSA) is 40.6 Å². The standard InChI is InChI=1S/C12H23N2O2Si/c1-6-9-10-17(13(7-2)11(4)15)14(8-3)12(5)16/h9-10H,6-8H2,1-5H3. The summed E-state index contributed by atoms with van der Waals surface area (Å²) in [4.78, 5) is 23.2. The van der Waals surface area contributed by atoms with Crippen molar-refractivity contribution in [3.63, 3.8) is 0 Å². The molecule has 17 heavy (non-hydrogen) atoms. The van der Waals surface area contributed by atoms with Crippen LogP contribution in [0.2, 0.25) is 0 Å². The van der Waals surface area contributed by atoms with Gasteiger partial charge in [0.15, 0.2) is 0 Å². The van der Waals surface area contributed by atoms with Gasteiger partial charge in [-0.1, -0.05) is 18.7 Å². The summed E-state index contributed by atoms with van der Waals surface area (Å²) < 4.78 is 3.59. The van der Waals surface area contributed by atoms with Crippen molar-refractivity contribution in [3.05, 3.63) is 11.8 Å². The SMILES string of the molecule is CCC=C[Si](N(CC)C(C)=O)N(CC)C(C)=O. The van der Waals surface area contributed by atoms with E-state index in [2.05, 4.69) is 0 Å². The van der Waals surface area contributed by atoms with E-state index in [1.165, 1.54) is 0 Å². The molecule has 0 rings (SSSR count). The predicted molar refractivity (Wildman–Crippen MR) is 71.3 cm³/mol. The van der Waals surface area contributed by atoms with Gasteiger partial charge in [-0.15, -0.1) is 0 Å². The van der Waals surface area contributed by atoms with Gasteiger partial charge in [-0.25, -0.2) is 0 Å². The summed E-state index contributed by atoms with van der Waals surface area (Å²) in [7, 11) is -1.40. The van der Waals surface area contributed by atoms with E-state index in [9.17, 15) is 9.59 Å². The molecule has 0 heterocycles. The van der Waals surface area contributed by atoms with Crippen LogP contribution in [-0.4, -0.2) is 43.2 Å². The van der Waals surface area contributed by atoms with Crippen molar-refractivity contribution >= 4 is 20.9 Å². The quantitative estimate of drug-likeness (QED) is 0.678. The number of carbonyl (C=O) groups is 2. The summed E-state index contributed by atoms with van der Waals surface area (Å²) in [5.41, 5.74) is 2.03. The van der Waals surface area contributed by atoms with Gasteiger partial charge in [-0.05, 0) is 20.3 Å². The van der Waals surface area contributed by atoms with Crippen molar-refractivity contribution in [2.75, 3.05) is 13.1 Å². The molecule has 0 N–H and O–H groups in total. The molecule has 0 saturated heterocycles. The predicted octanol–water partition coefficient (Wildman–Crippen LogP) is 1.72. The minimum Gasteiger partial charge on any atom is -0.348 e. The van der Waals surface area contributed by atoms with Crippen LogP contribution in [0.25, 0.3) is 0 Å². The Hall–Kier alpha value is -1.10. The van der Waals surface area contributed by atoms with Crippen LogP contribution in [0.5, 0.6) is 0 Å². The lowest BCUT2D eigenvalue weighted by atomic mass is 10.5. The van der Waals surface area contributed by atoms with Crippen molar-refractivity contribution in [2.24, 2.45) is 0 Å². The number of carbonyl (C=O) groups excluding carboxylic acids is 2. The summed E-state index contributed by atoms with van der Waals surface area (Å²) in [6.07, 6.45) is 2.95. The maximum absolute atomic E-state index is 11.6. The van der Waals surface area contributed by atoms with Crippen molar-refractivity contribution in [2.45, 2.75) is 41.0 Å². The molecule has 2 amide bonds. The van der Waals surface area contributed by atoms with Gasteiger partial charge in [0, 0.05) is 26.9 Å². The van der Waals surface area contributed by atoms with Crippen LogP contribution < -0.4 is 0 Å². The van der Waals surface area contributed by atoms with Crippen molar-refractivity contribution < 1.29 is 9.59 Å². The summed E-state index contributed by atoms with van der Waals surface area (Å²) in [5.74, 6) is 0.0590. The third-order valence-corrected chi connectivity index (χ3v) is 5.35. The Morgan fingerprint density at radius 3 is 1.65 bits per heavy atom. The van der Waals surface area contributed by atoms with Crippen LogP contribution in [0, 0.1) is 0 Å². The van der Waals surface area contributed by atoms with E-state index in [0.29, 0.717) is 13.1 Å². The number of allylic oxidation sites excluding steroid dienone is 1. The molecule has 0 aliphatic carbocycles. The van der Waals surface area contributed by atoms with E-state index in [0.717, 1.165) is 6.42 Å². The molecule has 1 radical (unpaired) electrons.